The molecule has 0 aromatic heterocycles. The van der Waals surface area contributed by atoms with Gasteiger partial charge in [-0.15, -0.1) is 0 Å². The molecule has 0 saturated heterocycles. The van der Waals surface area contributed by atoms with Gasteiger partial charge in [-0.3, -0.25) is 10.1 Å². The Morgan fingerprint density at radius 3 is 2.57 bits per heavy atom. The van der Waals surface area contributed by atoms with E-state index in [0.717, 1.165) is 18.6 Å². The van der Waals surface area contributed by atoms with Gasteiger partial charge >= 0.3 is 6.03 Å². The van der Waals surface area contributed by atoms with Crippen molar-refractivity contribution in [3.63, 3.8) is 0 Å². The Balaban J connectivity index is 2.41. The van der Waals surface area contributed by atoms with Crippen LogP contribution in [-0.4, -0.2) is 25.0 Å². The number of amides is 3. The van der Waals surface area contributed by atoms with Gasteiger partial charge in [-0.2, -0.15) is 0 Å². The van der Waals surface area contributed by atoms with Gasteiger partial charge in [0.05, 0.1) is 6.54 Å². The quantitative estimate of drug-likeness (QED) is 0.751. The fraction of sp³-hybridized carbons (Fsp3) is 0.429. The Labute approximate surface area is 122 Å². The minimum atomic E-state index is -0.940. The molecule has 0 unspecified atom stereocenters. The largest absolute Gasteiger partial charge is 0.338 e. The molecular formula is C14H19F2N3O2. The van der Waals surface area contributed by atoms with Crippen molar-refractivity contribution in [3.05, 3.63) is 35.4 Å². The summed E-state index contributed by atoms with van der Waals surface area (Å²) in [6, 6.07) is 2.62. The van der Waals surface area contributed by atoms with Crippen LogP contribution in [0, 0.1) is 11.6 Å². The zero-order chi connectivity index (χ0) is 15.8. The van der Waals surface area contributed by atoms with Crippen LogP contribution in [0.15, 0.2) is 18.2 Å². The molecule has 0 heterocycles. The van der Waals surface area contributed by atoms with Gasteiger partial charge in [0.1, 0.15) is 0 Å². The van der Waals surface area contributed by atoms with E-state index in [9.17, 15) is 18.4 Å². The van der Waals surface area contributed by atoms with Crippen LogP contribution < -0.4 is 16.0 Å². The first kappa shape index (κ1) is 17.0. The molecule has 1 aromatic carbocycles. The fourth-order valence-corrected chi connectivity index (χ4v) is 1.60. The first-order valence-electron chi connectivity index (χ1n) is 6.70. The minimum Gasteiger partial charge on any atom is -0.338 e. The van der Waals surface area contributed by atoms with Crippen LogP contribution in [-0.2, 0) is 4.79 Å². The Morgan fingerprint density at radius 2 is 1.95 bits per heavy atom. The Bertz CT molecular complexity index is 509. The molecule has 5 nitrogen and oxygen atoms in total. The Kier molecular flexibility index (Phi) is 6.74. The van der Waals surface area contributed by atoms with E-state index in [1.165, 1.54) is 6.07 Å². The third-order valence-electron chi connectivity index (χ3n) is 2.80. The van der Waals surface area contributed by atoms with Gasteiger partial charge < -0.3 is 10.6 Å². The number of halogens is 2. The molecule has 21 heavy (non-hydrogen) atoms. The van der Waals surface area contributed by atoms with E-state index < -0.39 is 23.6 Å². The first-order chi connectivity index (χ1) is 9.93. The summed E-state index contributed by atoms with van der Waals surface area (Å²) < 4.78 is 25.9. The molecular weight excluding hydrogens is 280 g/mol. The lowest BCUT2D eigenvalue weighted by Crippen LogP contribution is -2.43. The van der Waals surface area contributed by atoms with Crippen molar-refractivity contribution in [2.45, 2.75) is 26.3 Å². The van der Waals surface area contributed by atoms with Gasteiger partial charge in [-0.05, 0) is 31.0 Å². The van der Waals surface area contributed by atoms with Crippen molar-refractivity contribution < 1.29 is 18.4 Å². The molecule has 3 N–H and O–H groups in total. The summed E-state index contributed by atoms with van der Waals surface area (Å²) in [5.74, 6) is -2.36. The molecule has 7 heteroatoms. The average molecular weight is 299 g/mol. The van der Waals surface area contributed by atoms with Gasteiger partial charge in [0.2, 0.25) is 5.91 Å². The van der Waals surface area contributed by atoms with Crippen molar-refractivity contribution in [3.8, 4) is 0 Å². The number of carbonyl (C=O) groups excluding carboxylic acids is 2. The van der Waals surface area contributed by atoms with E-state index in [-0.39, 0.29) is 12.6 Å². The van der Waals surface area contributed by atoms with Crippen molar-refractivity contribution in [2.24, 2.45) is 0 Å². The zero-order valence-corrected chi connectivity index (χ0v) is 12.0. The van der Waals surface area contributed by atoms with E-state index in [4.69, 9.17) is 0 Å². The molecule has 1 rings (SSSR count). The lowest BCUT2D eigenvalue weighted by Gasteiger charge is -2.14. The Hall–Kier alpha value is -2.02. The number of benzene rings is 1. The molecule has 0 spiro atoms. The summed E-state index contributed by atoms with van der Waals surface area (Å²) in [5.41, 5.74) is 0.511. The number of hydrogen-bond donors (Lipinski definition) is 3. The van der Waals surface area contributed by atoms with E-state index >= 15 is 0 Å². The minimum absolute atomic E-state index is 0.111. The van der Waals surface area contributed by atoms with Crippen LogP contribution in [0.5, 0.6) is 0 Å². The molecule has 1 atom stereocenters. The van der Waals surface area contributed by atoms with Gasteiger partial charge in [-0.25, -0.2) is 13.6 Å². The second-order valence-corrected chi connectivity index (χ2v) is 4.58. The van der Waals surface area contributed by atoms with E-state index in [0.29, 0.717) is 12.1 Å². The maximum atomic E-state index is 13.1. The van der Waals surface area contributed by atoms with Crippen LogP contribution in [0.25, 0.3) is 0 Å². The lowest BCUT2D eigenvalue weighted by molar-refractivity contribution is -0.119. The molecule has 1 aromatic rings. The predicted octanol–water partition coefficient (Wildman–Crippen LogP) is 1.85. The molecule has 0 bridgehead atoms. The van der Waals surface area contributed by atoms with Crippen LogP contribution in [0.1, 0.15) is 31.9 Å². The van der Waals surface area contributed by atoms with Crippen molar-refractivity contribution in [1.29, 1.82) is 0 Å². The summed E-state index contributed by atoms with van der Waals surface area (Å²) in [5, 5.41) is 7.49. The molecule has 116 valence electrons. The topological polar surface area (TPSA) is 70.2 Å². The molecule has 0 saturated carbocycles. The molecule has 0 fully saturated rings. The summed E-state index contributed by atoms with van der Waals surface area (Å²) in [6.07, 6.45) is 0.771. The van der Waals surface area contributed by atoms with E-state index in [1.54, 1.807) is 6.92 Å². The van der Waals surface area contributed by atoms with Gasteiger partial charge in [-0.1, -0.05) is 13.0 Å². The number of imide groups is 1. The maximum absolute atomic E-state index is 13.1. The summed E-state index contributed by atoms with van der Waals surface area (Å²) in [7, 11) is 0. The van der Waals surface area contributed by atoms with Crippen LogP contribution in [0.3, 0.4) is 0 Å². The van der Waals surface area contributed by atoms with Crippen LogP contribution in [0.2, 0.25) is 0 Å². The summed E-state index contributed by atoms with van der Waals surface area (Å²) in [6.45, 7) is 3.97. The summed E-state index contributed by atoms with van der Waals surface area (Å²) >= 11 is 0. The van der Waals surface area contributed by atoms with Crippen molar-refractivity contribution in [1.82, 2.24) is 16.0 Å². The number of rotatable bonds is 6. The smallest absolute Gasteiger partial charge is 0.321 e. The van der Waals surface area contributed by atoms with E-state index in [1.807, 2.05) is 6.92 Å². The molecule has 0 aliphatic carbocycles. The SMILES string of the molecule is CCCNC(=O)NC(=O)CN[C@H](C)c1ccc(F)c(F)c1. The van der Waals surface area contributed by atoms with Gasteiger partial charge in [0, 0.05) is 12.6 Å². The number of urea groups is 1. The highest BCUT2D eigenvalue weighted by molar-refractivity contribution is 5.95. The van der Waals surface area contributed by atoms with Crippen LogP contribution >= 0.6 is 0 Å². The van der Waals surface area contributed by atoms with Crippen molar-refractivity contribution in [2.75, 3.05) is 13.1 Å². The van der Waals surface area contributed by atoms with Gasteiger partial charge in [0.25, 0.3) is 0 Å². The highest BCUT2D eigenvalue weighted by Crippen LogP contribution is 2.15. The number of hydrogen-bond acceptors (Lipinski definition) is 3. The van der Waals surface area contributed by atoms with Gasteiger partial charge in [0.15, 0.2) is 11.6 Å². The predicted molar refractivity (Wildman–Crippen MR) is 74.6 cm³/mol. The average Bonchev–Trinajstić information content (AvgIpc) is 2.45. The highest BCUT2D eigenvalue weighted by Gasteiger charge is 2.12. The second-order valence-electron chi connectivity index (χ2n) is 4.58. The van der Waals surface area contributed by atoms with Crippen molar-refractivity contribution >= 4 is 11.9 Å². The normalized spacial score (nSPS) is 11.8. The lowest BCUT2D eigenvalue weighted by atomic mass is 10.1. The summed E-state index contributed by atoms with van der Waals surface area (Å²) in [4.78, 5) is 22.8. The molecule has 3 amide bonds. The monoisotopic (exact) mass is 299 g/mol. The maximum Gasteiger partial charge on any atom is 0.321 e. The fourth-order valence-electron chi connectivity index (χ4n) is 1.60. The number of carbonyl (C=O) groups is 2. The third-order valence-corrected chi connectivity index (χ3v) is 2.80. The zero-order valence-electron chi connectivity index (χ0n) is 12.0. The van der Waals surface area contributed by atoms with Crippen LogP contribution in [0.4, 0.5) is 13.6 Å². The third kappa shape index (κ3) is 5.86. The van der Waals surface area contributed by atoms with E-state index in [2.05, 4.69) is 16.0 Å². The second kappa shape index (κ2) is 8.31. The standard InChI is InChI=1S/C14H19F2N3O2/c1-3-6-17-14(21)19-13(20)8-18-9(2)10-4-5-11(15)12(16)7-10/h4-5,7,9,18H,3,6,8H2,1-2H3,(H2,17,19,20,21)/t9-/m1/s1. The molecule has 0 aliphatic rings. The molecule has 0 radical (unpaired) electrons. The number of nitrogens with one attached hydrogen (secondary N) is 3. The Morgan fingerprint density at radius 1 is 1.24 bits per heavy atom. The first-order valence-corrected chi connectivity index (χ1v) is 6.70. The molecule has 0 aliphatic heterocycles. The highest BCUT2D eigenvalue weighted by atomic mass is 19.2.